The van der Waals surface area contributed by atoms with Crippen molar-refractivity contribution in [3.8, 4) is 0 Å². The SMILES string of the molecule is Cc1ccc(C(=O)NNC(=O)c2cccnc2)cc1NC(=O)c1ccco1. The van der Waals surface area contributed by atoms with Crippen molar-refractivity contribution in [3.05, 3.63) is 83.6 Å². The number of hydrogen-bond donors (Lipinski definition) is 3. The number of anilines is 1. The zero-order chi connectivity index (χ0) is 19.2. The fourth-order valence-corrected chi connectivity index (χ4v) is 2.24. The highest BCUT2D eigenvalue weighted by atomic mass is 16.3. The first kappa shape index (κ1) is 17.9. The van der Waals surface area contributed by atoms with E-state index in [0.29, 0.717) is 11.3 Å². The van der Waals surface area contributed by atoms with E-state index < -0.39 is 17.7 Å². The van der Waals surface area contributed by atoms with Crippen LogP contribution in [0.4, 0.5) is 5.69 Å². The van der Waals surface area contributed by atoms with Gasteiger partial charge in [0, 0.05) is 23.6 Å². The molecule has 0 aliphatic rings. The van der Waals surface area contributed by atoms with Gasteiger partial charge >= 0.3 is 0 Å². The second-order valence-corrected chi connectivity index (χ2v) is 5.61. The van der Waals surface area contributed by atoms with Gasteiger partial charge in [-0.1, -0.05) is 6.07 Å². The van der Waals surface area contributed by atoms with Gasteiger partial charge in [-0.2, -0.15) is 0 Å². The number of amides is 3. The molecule has 0 aliphatic carbocycles. The maximum Gasteiger partial charge on any atom is 0.291 e. The van der Waals surface area contributed by atoms with E-state index in [1.54, 1.807) is 43.5 Å². The first-order valence-electron chi connectivity index (χ1n) is 8.01. The molecule has 0 spiro atoms. The average molecular weight is 364 g/mol. The van der Waals surface area contributed by atoms with Crippen LogP contribution in [0.15, 0.2) is 65.5 Å². The second kappa shape index (κ2) is 7.96. The number of carbonyl (C=O) groups is 3. The summed E-state index contributed by atoms with van der Waals surface area (Å²) >= 11 is 0. The van der Waals surface area contributed by atoms with Gasteiger partial charge in [0.2, 0.25) is 0 Å². The predicted octanol–water partition coefficient (Wildman–Crippen LogP) is 2.31. The second-order valence-electron chi connectivity index (χ2n) is 5.61. The van der Waals surface area contributed by atoms with Gasteiger partial charge in [-0.3, -0.25) is 30.2 Å². The van der Waals surface area contributed by atoms with Crippen LogP contribution < -0.4 is 16.2 Å². The number of pyridine rings is 1. The summed E-state index contributed by atoms with van der Waals surface area (Å²) in [7, 11) is 0. The number of hydrazine groups is 1. The number of benzene rings is 1. The molecule has 0 saturated heterocycles. The fourth-order valence-electron chi connectivity index (χ4n) is 2.24. The lowest BCUT2D eigenvalue weighted by atomic mass is 10.1. The highest BCUT2D eigenvalue weighted by Crippen LogP contribution is 2.18. The number of furan rings is 1. The van der Waals surface area contributed by atoms with Crippen molar-refractivity contribution in [2.24, 2.45) is 0 Å². The monoisotopic (exact) mass is 364 g/mol. The average Bonchev–Trinajstić information content (AvgIpc) is 3.23. The zero-order valence-corrected chi connectivity index (χ0v) is 14.4. The maximum absolute atomic E-state index is 12.3. The van der Waals surface area contributed by atoms with Crippen LogP contribution in [0.1, 0.15) is 36.8 Å². The van der Waals surface area contributed by atoms with Crippen LogP contribution in [-0.4, -0.2) is 22.7 Å². The normalized spacial score (nSPS) is 10.1. The van der Waals surface area contributed by atoms with Crippen molar-refractivity contribution in [1.82, 2.24) is 15.8 Å². The van der Waals surface area contributed by atoms with E-state index in [1.807, 2.05) is 0 Å². The van der Waals surface area contributed by atoms with Crippen molar-refractivity contribution >= 4 is 23.4 Å². The van der Waals surface area contributed by atoms with Gasteiger partial charge in [0.25, 0.3) is 17.7 Å². The topological polar surface area (TPSA) is 113 Å². The first-order chi connectivity index (χ1) is 13.0. The number of carbonyl (C=O) groups excluding carboxylic acids is 3. The summed E-state index contributed by atoms with van der Waals surface area (Å²) in [6, 6.07) is 11.1. The highest BCUT2D eigenvalue weighted by molar-refractivity contribution is 6.04. The number of hydrogen-bond acceptors (Lipinski definition) is 5. The van der Waals surface area contributed by atoms with Gasteiger partial charge in [0.1, 0.15) is 0 Å². The van der Waals surface area contributed by atoms with Crippen LogP contribution in [0.2, 0.25) is 0 Å². The Hall–Kier alpha value is -3.94. The minimum atomic E-state index is -0.527. The van der Waals surface area contributed by atoms with Gasteiger partial charge in [0.15, 0.2) is 5.76 Å². The standard InChI is InChI=1S/C19H16N4O4/c1-12-6-7-13(10-15(12)21-19(26)16-5-3-9-27-16)17(24)22-23-18(25)14-4-2-8-20-11-14/h2-11H,1H3,(H,21,26)(H,22,24)(H,23,25). The molecule has 8 nitrogen and oxygen atoms in total. The molecule has 27 heavy (non-hydrogen) atoms. The molecule has 0 aliphatic heterocycles. The van der Waals surface area contributed by atoms with E-state index in [4.69, 9.17) is 4.42 Å². The quantitative estimate of drug-likeness (QED) is 0.615. The lowest BCUT2D eigenvalue weighted by Gasteiger charge is -2.11. The molecular formula is C19H16N4O4. The van der Waals surface area contributed by atoms with E-state index in [9.17, 15) is 14.4 Å². The molecule has 0 radical (unpaired) electrons. The molecule has 3 N–H and O–H groups in total. The molecule has 8 heteroatoms. The van der Waals surface area contributed by atoms with Crippen molar-refractivity contribution in [2.45, 2.75) is 6.92 Å². The number of nitrogens with zero attached hydrogens (tertiary/aromatic N) is 1. The smallest absolute Gasteiger partial charge is 0.291 e. The Balaban J connectivity index is 1.66. The Labute approximate surface area is 154 Å². The molecule has 0 unspecified atom stereocenters. The summed E-state index contributed by atoms with van der Waals surface area (Å²) in [5, 5.41) is 2.69. The summed E-state index contributed by atoms with van der Waals surface area (Å²) in [4.78, 5) is 40.2. The molecule has 0 atom stereocenters. The number of aryl methyl sites for hydroxylation is 1. The van der Waals surface area contributed by atoms with Gasteiger partial charge < -0.3 is 9.73 Å². The van der Waals surface area contributed by atoms with Crippen molar-refractivity contribution in [2.75, 3.05) is 5.32 Å². The van der Waals surface area contributed by atoms with Crippen LogP contribution in [-0.2, 0) is 0 Å². The van der Waals surface area contributed by atoms with E-state index in [2.05, 4.69) is 21.2 Å². The fraction of sp³-hybridized carbons (Fsp3) is 0.0526. The number of aromatic nitrogens is 1. The zero-order valence-electron chi connectivity index (χ0n) is 14.4. The summed E-state index contributed by atoms with van der Waals surface area (Å²) in [6.07, 6.45) is 4.33. The van der Waals surface area contributed by atoms with E-state index in [-0.39, 0.29) is 11.3 Å². The molecular weight excluding hydrogens is 348 g/mol. The molecule has 0 bridgehead atoms. The minimum Gasteiger partial charge on any atom is -0.459 e. The third-order valence-corrected chi connectivity index (χ3v) is 3.71. The van der Waals surface area contributed by atoms with Gasteiger partial charge in [0.05, 0.1) is 11.8 Å². The Morgan fingerprint density at radius 2 is 1.70 bits per heavy atom. The van der Waals surface area contributed by atoms with Crippen molar-refractivity contribution in [1.29, 1.82) is 0 Å². The van der Waals surface area contributed by atoms with Crippen LogP contribution in [0, 0.1) is 6.92 Å². The molecule has 2 aromatic heterocycles. The van der Waals surface area contributed by atoms with Crippen molar-refractivity contribution < 1.29 is 18.8 Å². The lowest BCUT2D eigenvalue weighted by Crippen LogP contribution is -2.41. The summed E-state index contributed by atoms with van der Waals surface area (Å²) in [5.74, 6) is -1.28. The van der Waals surface area contributed by atoms with Crippen LogP contribution in [0.3, 0.4) is 0 Å². The Kier molecular flexibility index (Phi) is 5.27. The summed E-state index contributed by atoms with van der Waals surface area (Å²) in [6.45, 7) is 1.80. The molecule has 3 rings (SSSR count). The van der Waals surface area contributed by atoms with Crippen LogP contribution >= 0.6 is 0 Å². The maximum atomic E-state index is 12.3. The predicted molar refractivity (Wildman–Crippen MR) is 97.0 cm³/mol. The lowest BCUT2D eigenvalue weighted by molar-refractivity contribution is 0.0846. The molecule has 2 heterocycles. The van der Waals surface area contributed by atoms with Crippen LogP contribution in [0.5, 0.6) is 0 Å². The summed E-state index contributed by atoms with van der Waals surface area (Å²) < 4.78 is 5.05. The first-order valence-corrected chi connectivity index (χ1v) is 8.01. The summed E-state index contributed by atoms with van der Waals surface area (Å²) in [5.41, 5.74) is 6.45. The molecule has 3 aromatic rings. The molecule has 136 valence electrons. The number of rotatable bonds is 4. The van der Waals surface area contributed by atoms with Crippen molar-refractivity contribution in [3.63, 3.8) is 0 Å². The molecule has 1 aromatic carbocycles. The number of nitrogens with one attached hydrogen (secondary N) is 3. The van der Waals surface area contributed by atoms with E-state index in [0.717, 1.165) is 5.56 Å². The Bertz CT molecular complexity index is 969. The van der Waals surface area contributed by atoms with E-state index in [1.165, 1.54) is 24.6 Å². The van der Waals surface area contributed by atoms with Gasteiger partial charge in [-0.15, -0.1) is 0 Å². The molecule has 0 saturated carbocycles. The van der Waals surface area contributed by atoms with Gasteiger partial charge in [-0.25, -0.2) is 0 Å². The Morgan fingerprint density at radius 1 is 0.926 bits per heavy atom. The molecule has 0 fully saturated rings. The van der Waals surface area contributed by atoms with E-state index >= 15 is 0 Å². The Morgan fingerprint density at radius 3 is 2.37 bits per heavy atom. The van der Waals surface area contributed by atoms with Gasteiger partial charge in [-0.05, 0) is 48.9 Å². The largest absolute Gasteiger partial charge is 0.459 e. The third kappa shape index (κ3) is 4.37. The van der Waals surface area contributed by atoms with Crippen LogP contribution in [0.25, 0.3) is 0 Å². The highest BCUT2D eigenvalue weighted by Gasteiger charge is 2.14. The third-order valence-electron chi connectivity index (χ3n) is 3.71. The minimum absolute atomic E-state index is 0.160. The molecule has 3 amide bonds.